The van der Waals surface area contributed by atoms with Crippen LogP contribution in [0, 0.1) is 22.7 Å². The van der Waals surface area contributed by atoms with E-state index in [0.717, 1.165) is 25.8 Å². The number of nitrogens with zero attached hydrogens (tertiary/aromatic N) is 2. The molecule has 0 heterocycles. The highest BCUT2D eigenvalue weighted by Gasteiger charge is 2.36. The standard InChI is InChI=1S/C15H26N2O/c1-12(2)9-10-17(13-7-5-6-8-13)14(18)15(3,4)11-16/h12-13H,5-10H2,1-4H3. The fourth-order valence-corrected chi connectivity index (χ4v) is 2.47. The van der Waals surface area contributed by atoms with E-state index in [1.807, 2.05) is 4.90 Å². The second-order valence-electron chi connectivity index (χ2n) is 6.36. The van der Waals surface area contributed by atoms with Crippen LogP contribution in [0.4, 0.5) is 0 Å². The highest BCUT2D eigenvalue weighted by Crippen LogP contribution is 2.28. The minimum Gasteiger partial charge on any atom is -0.338 e. The molecule has 0 unspecified atom stereocenters. The molecule has 0 N–H and O–H groups in total. The summed E-state index contributed by atoms with van der Waals surface area (Å²) in [4.78, 5) is 14.5. The van der Waals surface area contributed by atoms with E-state index in [9.17, 15) is 4.79 Å². The fraction of sp³-hybridized carbons (Fsp3) is 0.867. The Balaban J connectivity index is 2.76. The molecular formula is C15H26N2O. The quantitative estimate of drug-likeness (QED) is 0.751. The number of rotatable bonds is 5. The molecule has 1 rings (SSSR count). The van der Waals surface area contributed by atoms with Gasteiger partial charge in [-0.2, -0.15) is 5.26 Å². The third-order valence-corrected chi connectivity index (χ3v) is 3.79. The average Bonchev–Trinajstić information content (AvgIpc) is 2.82. The number of hydrogen-bond donors (Lipinski definition) is 0. The van der Waals surface area contributed by atoms with Crippen molar-refractivity contribution in [3.8, 4) is 6.07 Å². The van der Waals surface area contributed by atoms with Crippen LogP contribution in [0.2, 0.25) is 0 Å². The van der Waals surface area contributed by atoms with Gasteiger partial charge in [-0.25, -0.2) is 0 Å². The summed E-state index contributed by atoms with van der Waals surface area (Å²) in [6, 6.07) is 2.51. The van der Waals surface area contributed by atoms with E-state index in [1.165, 1.54) is 12.8 Å². The zero-order valence-corrected chi connectivity index (χ0v) is 12.2. The van der Waals surface area contributed by atoms with Gasteiger partial charge in [-0.15, -0.1) is 0 Å². The number of hydrogen-bond acceptors (Lipinski definition) is 2. The maximum atomic E-state index is 12.5. The van der Waals surface area contributed by atoms with Crippen molar-refractivity contribution in [1.82, 2.24) is 4.90 Å². The lowest BCUT2D eigenvalue weighted by Gasteiger charge is -2.33. The average molecular weight is 250 g/mol. The molecule has 0 radical (unpaired) electrons. The molecule has 0 atom stereocenters. The Kier molecular flexibility index (Phi) is 5.19. The normalized spacial score (nSPS) is 16.9. The minimum absolute atomic E-state index is 0.0116. The first-order valence-corrected chi connectivity index (χ1v) is 7.11. The van der Waals surface area contributed by atoms with E-state index in [2.05, 4.69) is 19.9 Å². The van der Waals surface area contributed by atoms with Gasteiger partial charge in [0.25, 0.3) is 0 Å². The van der Waals surface area contributed by atoms with Crippen LogP contribution in [0.5, 0.6) is 0 Å². The van der Waals surface area contributed by atoms with Crippen LogP contribution in [-0.2, 0) is 4.79 Å². The fourth-order valence-electron chi connectivity index (χ4n) is 2.47. The summed E-state index contributed by atoms with van der Waals surface area (Å²) in [6.45, 7) is 8.60. The molecule has 0 aliphatic heterocycles. The molecule has 3 nitrogen and oxygen atoms in total. The predicted molar refractivity (Wildman–Crippen MR) is 72.8 cm³/mol. The molecule has 0 aromatic heterocycles. The Labute approximate surface area is 111 Å². The molecule has 0 aromatic carbocycles. The van der Waals surface area contributed by atoms with Crippen molar-refractivity contribution in [2.24, 2.45) is 11.3 Å². The van der Waals surface area contributed by atoms with Gasteiger partial charge in [-0.05, 0) is 39.0 Å². The van der Waals surface area contributed by atoms with Crippen molar-refractivity contribution in [2.75, 3.05) is 6.54 Å². The first-order valence-electron chi connectivity index (χ1n) is 7.11. The summed E-state index contributed by atoms with van der Waals surface area (Å²) in [7, 11) is 0. The maximum Gasteiger partial charge on any atom is 0.242 e. The molecule has 1 amide bonds. The zero-order chi connectivity index (χ0) is 13.8. The summed E-state index contributed by atoms with van der Waals surface area (Å²) in [5.41, 5.74) is -0.889. The van der Waals surface area contributed by atoms with Gasteiger partial charge in [-0.3, -0.25) is 4.79 Å². The molecule has 3 heteroatoms. The molecule has 1 saturated carbocycles. The van der Waals surface area contributed by atoms with Gasteiger partial charge >= 0.3 is 0 Å². The molecule has 0 aromatic rings. The van der Waals surface area contributed by atoms with Crippen molar-refractivity contribution < 1.29 is 4.79 Å². The molecule has 0 saturated heterocycles. The van der Waals surface area contributed by atoms with Gasteiger partial charge in [0.05, 0.1) is 6.07 Å². The first-order chi connectivity index (χ1) is 8.38. The van der Waals surface area contributed by atoms with Gasteiger partial charge < -0.3 is 4.90 Å². The summed E-state index contributed by atoms with van der Waals surface area (Å²) >= 11 is 0. The molecular weight excluding hydrogens is 224 g/mol. The minimum atomic E-state index is -0.889. The lowest BCUT2D eigenvalue weighted by molar-refractivity contribution is -0.140. The van der Waals surface area contributed by atoms with E-state index in [0.29, 0.717) is 12.0 Å². The van der Waals surface area contributed by atoms with Crippen LogP contribution in [0.1, 0.15) is 59.8 Å². The molecule has 0 spiro atoms. The highest BCUT2D eigenvalue weighted by molar-refractivity contribution is 5.84. The Bertz CT molecular complexity index is 322. The van der Waals surface area contributed by atoms with Crippen LogP contribution in [0.25, 0.3) is 0 Å². The Hall–Kier alpha value is -1.04. The Morgan fingerprint density at radius 2 is 1.94 bits per heavy atom. The molecule has 18 heavy (non-hydrogen) atoms. The number of carbonyl (C=O) groups is 1. The summed E-state index contributed by atoms with van der Waals surface area (Å²) < 4.78 is 0. The lowest BCUT2D eigenvalue weighted by Crippen LogP contribution is -2.46. The second kappa shape index (κ2) is 6.22. The van der Waals surface area contributed by atoms with E-state index in [4.69, 9.17) is 5.26 Å². The predicted octanol–water partition coefficient (Wildman–Crippen LogP) is 3.35. The van der Waals surface area contributed by atoms with Crippen LogP contribution in [-0.4, -0.2) is 23.4 Å². The Morgan fingerprint density at radius 1 is 1.39 bits per heavy atom. The van der Waals surface area contributed by atoms with Crippen molar-refractivity contribution in [3.05, 3.63) is 0 Å². The molecule has 1 fully saturated rings. The zero-order valence-electron chi connectivity index (χ0n) is 12.2. The SMILES string of the molecule is CC(C)CCN(C(=O)C(C)(C)C#N)C1CCCC1. The van der Waals surface area contributed by atoms with Crippen molar-refractivity contribution in [3.63, 3.8) is 0 Å². The lowest BCUT2D eigenvalue weighted by atomic mass is 9.92. The topological polar surface area (TPSA) is 44.1 Å². The maximum absolute atomic E-state index is 12.5. The van der Waals surface area contributed by atoms with Crippen LogP contribution in [0.3, 0.4) is 0 Å². The summed E-state index contributed by atoms with van der Waals surface area (Å²) in [6.07, 6.45) is 5.65. The van der Waals surface area contributed by atoms with Crippen LogP contribution in [0.15, 0.2) is 0 Å². The number of nitriles is 1. The monoisotopic (exact) mass is 250 g/mol. The summed E-state index contributed by atoms with van der Waals surface area (Å²) in [5.74, 6) is 0.601. The molecule has 1 aliphatic rings. The van der Waals surface area contributed by atoms with E-state index in [-0.39, 0.29) is 5.91 Å². The van der Waals surface area contributed by atoms with Crippen LogP contribution < -0.4 is 0 Å². The van der Waals surface area contributed by atoms with E-state index >= 15 is 0 Å². The Morgan fingerprint density at radius 3 is 2.39 bits per heavy atom. The number of carbonyl (C=O) groups excluding carboxylic acids is 1. The van der Waals surface area contributed by atoms with Gasteiger partial charge in [0.15, 0.2) is 0 Å². The largest absolute Gasteiger partial charge is 0.338 e. The molecule has 0 bridgehead atoms. The van der Waals surface area contributed by atoms with E-state index in [1.54, 1.807) is 13.8 Å². The van der Waals surface area contributed by atoms with Crippen molar-refractivity contribution in [1.29, 1.82) is 5.26 Å². The third kappa shape index (κ3) is 3.73. The number of amides is 1. The van der Waals surface area contributed by atoms with Gasteiger partial charge in [-0.1, -0.05) is 26.7 Å². The summed E-state index contributed by atoms with van der Waals surface area (Å²) in [5, 5.41) is 9.14. The van der Waals surface area contributed by atoms with Crippen molar-refractivity contribution in [2.45, 2.75) is 65.8 Å². The molecule has 1 aliphatic carbocycles. The van der Waals surface area contributed by atoms with Crippen molar-refractivity contribution >= 4 is 5.91 Å². The van der Waals surface area contributed by atoms with Gasteiger partial charge in [0, 0.05) is 12.6 Å². The first kappa shape index (κ1) is 15.0. The van der Waals surface area contributed by atoms with Crippen LogP contribution >= 0.6 is 0 Å². The van der Waals surface area contributed by atoms with E-state index < -0.39 is 5.41 Å². The smallest absolute Gasteiger partial charge is 0.242 e. The van der Waals surface area contributed by atoms with Gasteiger partial charge in [0.2, 0.25) is 5.91 Å². The third-order valence-electron chi connectivity index (χ3n) is 3.79. The van der Waals surface area contributed by atoms with Gasteiger partial charge in [0.1, 0.15) is 5.41 Å². The second-order valence-corrected chi connectivity index (χ2v) is 6.36. The highest BCUT2D eigenvalue weighted by atomic mass is 16.2. The molecule has 102 valence electrons.